The van der Waals surface area contributed by atoms with E-state index in [0.717, 1.165) is 0 Å². The Kier molecular flexibility index (Phi) is 4.73. The van der Waals surface area contributed by atoms with E-state index >= 15 is 0 Å². The fourth-order valence-corrected chi connectivity index (χ4v) is 1.44. The summed E-state index contributed by atoms with van der Waals surface area (Å²) in [5.74, 6) is 0.743. The summed E-state index contributed by atoms with van der Waals surface area (Å²) in [5.41, 5.74) is 5.65. The Bertz CT molecular complexity index is 318. The highest BCUT2D eigenvalue weighted by molar-refractivity contribution is 9.10. The van der Waals surface area contributed by atoms with E-state index in [1.54, 1.807) is 4.90 Å². The molecule has 0 fully saturated rings. The second-order valence-electron chi connectivity index (χ2n) is 2.84. The van der Waals surface area contributed by atoms with Crippen LogP contribution in [0.2, 0.25) is 0 Å². The average Bonchev–Trinajstić information content (AvgIpc) is 2.21. The Balaban J connectivity index is 2.93. The van der Waals surface area contributed by atoms with Gasteiger partial charge in [0.15, 0.2) is 11.6 Å². The minimum atomic E-state index is -0.0341. The van der Waals surface area contributed by atoms with Crippen LogP contribution in [0.5, 0.6) is 0 Å². The molecule has 0 aromatic carbocycles. The first-order valence-electron chi connectivity index (χ1n) is 4.43. The zero-order chi connectivity index (χ0) is 11.3. The second-order valence-corrected chi connectivity index (χ2v) is 3.65. The molecule has 84 valence electrons. The average molecular weight is 277 g/mol. The van der Waals surface area contributed by atoms with E-state index in [9.17, 15) is 0 Å². The van der Waals surface area contributed by atoms with E-state index in [1.165, 1.54) is 6.20 Å². The molecule has 1 aromatic heterocycles. The molecule has 0 unspecified atom stereocenters. The second kappa shape index (κ2) is 5.84. The van der Waals surface area contributed by atoms with Gasteiger partial charge in [0.1, 0.15) is 4.60 Å². The van der Waals surface area contributed by atoms with Crippen LogP contribution in [0.4, 0.5) is 11.6 Å². The van der Waals surface area contributed by atoms with E-state index in [-0.39, 0.29) is 19.0 Å². The highest BCUT2D eigenvalue weighted by Crippen LogP contribution is 2.19. The third kappa shape index (κ3) is 3.29. The molecule has 0 amide bonds. The van der Waals surface area contributed by atoms with E-state index in [0.29, 0.717) is 23.5 Å². The molecule has 0 aliphatic rings. The van der Waals surface area contributed by atoms with Crippen LogP contribution in [0.3, 0.4) is 0 Å². The Morgan fingerprint density at radius 3 is 2.47 bits per heavy atom. The van der Waals surface area contributed by atoms with Crippen molar-refractivity contribution in [1.29, 1.82) is 0 Å². The first kappa shape index (κ1) is 12.2. The van der Waals surface area contributed by atoms with Gasteiger partial charge in [-0.1, -0.05) is 0 Å². The van der Waals surface area contributed by atoms with Gasteiger partial charge in [0.2, 0.25) is 0 Å². The number of nitrogens with zero attached hydrogens (tertiary/aromatic N) is 3. The molecule has 0 bridgehead atoms. The normalized spacial score (nSPS) is 10.3. The molecule has 1 aromatic rings. The Morgan fingerprint density at radius 2 is 1.93 bits per heavy atom. The van der Waals surface area contributed by atoms with Crippen molar-refractivity contribution < 1.29 is 10.2 Å². The van der Waals surface area contributed by atoms with Crippen LogP contribution in [0.25, 0.3) is 0 Å². The minimum absolute atomic E-state index is 0.0341. The molecular formula is C8H13BrN4O2. The Labute approximate surface area is 95.9 Å². The predicted octanol–water partition coefficient (Wildman–Crippen LogP) is -0.388. The molecule has 6 nitrogen and oxygen atoms in total. The predicted molar refractivity (Wildman–Crippen MR) is 60.5 cm³/mol. The van der Waals surface area contributed by atoms with Crippen molar-refractivity contribution in [2.75, 3.05) is 36.9 Å². The monoisotopic (exact) mass is 276 g/mol. The van der Waals surface area contributed by atoms with Gasteiger partial charge in [-0.25, -0.2) is 9.97 Å². The maximum Gasteiger partial charge on any atom is 0.172 e. The number of aliphatic hydroxyl groups excluding tert-OH is 2. The highest BCUT2D eigenvalue weighted by Gasteiger charge is 2.11. The number of halogens is 1. The zero-order valence-electron chi connectivity index (χ0n) is 8.10. The molecule has 0 radical (unpaired) electrons. The maximum absolute atomic E-state index is 8.86. The van der Waals surface area contributed by atoms with Gasteiger partial charge in [0, 0.05) is 13.1 Å². The smallest absolute Gasteiger partial charge is 0.172 e. The number of hydrogen-bond acceptors (Lipinski definition) is 6. The number of hydrogen-bond donors (Lipinski definition) is 3. The molecule has 15 heavy (non-hydrogen) atoms. The van der Waals surface area contributed by atoms with Crippen molar-refractivity contribution >= 4 is 27.6 Å². The van der Waals surface area contributed by atoms with Gasteiger partial charge >= 0.3 is 0 Å². The van der Waals surface area contributed by atoms with Gasteiger partial charge in [-0.05, 0) is 15.9 Å². The van der Waals surface area contributed by atoms with Gasteiger partial charge in [-0.3, -0.25) is 0 Å². The first-order chi connectivity index (χ1) is 7.19. The topological polar surface area (TPSA) is 95.5 Å². The molecule has 0 saturated heterocycles. The molecule has 1 rings (SSSR count). The summed E-state index contributed by atoms with van der Waals surface area (Å²) < 4.78 is 0.563. The first-order valence-corrected chi connectivity index (χ1v) is 5.23. The molecule has 0 spiro atoms. The van der Waals surface area contributed by atoms with Crippen LogP contribution in [-0.2, 0) is 0 Å². The number of aromatic nitrogens is 2. The lowest BCUT2D eigenvalue weighted by molar-refractivity contribution is 0.280. The van der Waals surface area contributed by atoms with E-state index in [1.807, 2.05) is 0 Å². The van der Waals surface area contributed by atoms with Crippen LogP contribution in [0.1, 0.15) is 0 Å². The standard InChI is InChI=1S/C8H13BrN4O2/c9-6-5-11-7(10)8(12-6)13(1-3-14)2-4-15/h5,14-15H,1-4H2,(H2,10,11). The molecule has 0 aliphatic heterocycles. The summed E-state index contributed by atoms with van der Waals surface area (Å²) in [6.45, 7) is 0.646. The van der Waals surface area contributed by atoms with Gasteiger partial charge in [-0.15, -0.1) is 0 Å². The fraction of sp³-hybridized carbons (Fsp3) is 0.500. The lowest BCUT2D eigenvalue weighted by atomic mass is 10.4. The lowest BCUT2D eigenvalue weighted by Gasteiger charge is -2.22. The van der Waals surface area contributed by atoms with E-state index in [2.05, 4.69) is 25.9 Å². The number of anilines is 2. The maximum atomic E-state index is 8.86. The van der Waals surface area contributed by atoms with Crippen LogP contribution < -0.4 is 10.6 Å². The van der Waals surface area contributed by atoms with Crippen LogP contribution in [0.15, 0.2) is 10.8 Å². The molecule has 1 heterocycles. The molecule has 0 atom stereocenters. The van der Waals surface area contributed by atoms with Gasteiger partial charge in [0.05, 0.1) is 19.4 Å². The largest absolute Gasteiger partial charge is 0.395 e. The van der Waals surface area contributed by atoms with E-state index in [4.69, 9.17) is 15.9 Å². The minimum Gasteiger partial charge on any atom is -0.395 e. The van der Waals surface area contributed by atoms with Crippen molar-refractivity contribution in [2.24, 2.45) is 0 Å². The highest BCUT2D eigenvalue weighted by atomic mass is 79.9. The fourth-order valence-electron chi connectivity index (χ4n) is 1.17. The third-order valence-corrected chi connectivity index (χ3v) is 2.17. The molecule has 0 aliphatic carbocycles. The molecule has 4 N–H and O–H groups in total. The number of aliphatic hydroxyl groups is 2. The molecule has 7 heteroatoms. The molecular weight excluding hydrogens is 264 g/mol. The SMILES string of the molecule is Nc1ncc(Br)nc1N(CCO)CCO. The number of rotatable bonds is 5. The quantitative estimate of drug-likeness (QED) is 0.678. The Hall–Kier alpha value is -0.920. The number of nitrogen functional groups attached to an aromatic ring is 1. The lowest BCUT2D eigenvalue weighted by Crippen LogP contribution is -2.31. The summed E-state index contributed by atoms with van der Waals surface area (Å²) >= 11 is 3.19. The van der Waals surface area contributed by atoms with Crippen molar-refractivity contribution in [3.63, 3.8) is 0 Å². The summed E-state index contributed by atoms with van der Waals surface area (Å²) in [7, 11) is 0. The summed E-state index contributed by atoms with van der Waals surface area (Å²) in [6.07, 6.45) is 1.49. The van der Waals surface area contributed by atoms with Crippen LogP contribution in [0, 0.1) is 0 Å². The van der Waals surface area contributed by atoms with Crippen molar-refractivity contribution in [2.45, 2.75) is 0 Å². The van der Waals surface area contributed by atoms with Crippen molar-refractivity contribution in [1.82, 2.24) is 9.97 Å². The van der Waals surface area contributed by atoms with Crippen LogP contribution >= 0.6 is 15.9 Å². The van der Waals surface area contributed by atoms with Gasteiger partial charge in [0.25, 0.3) is 0 Å². The summed E-state index contributed by atoms with van der Waals surface area (Å²) in [6, 6.07) is 0. The summed E-state index contributed by atoms with van der Waals surface area (Å²) in [5, 5.41) is 17.7. The van der Waals surface area contributed by atoms with E-state index < -0.39 is 0 Å². The third-order valence-electron chi connectivity index (χ3n) is 1.79. The Morgan fingerprint density at radius 1 is 1.33 bits per heavy atom. The molecule has 0 saturated carbocycles. The zero-order valence-corrected chi connectivity index (χ0v) is 9.68. The van der Waals surface area contributed by atoms with Gasteiger partial charge in [-0.2, -0.15) is 0 Å². The van der Waals surface area contributed by atoms with Crippen LogP contribution in [-0.4, -0.2) is 46.5 Å². The summed E-state index contributed by atoms with van der Waals surface area (Å²) in [4.78, 5) is 9.74. The van der Waals surface area contributed by atoms with Gasteiger partial charge < -0.3 is 20.8 Å². The van der Waals surface area contributed by atoms with Crippen molar-refractivity contribution in [3.8, 4) is 0 Å². The van der Waals surface area contributed by atoms with Crippen molar-refractivity contribution in [3.05, 3.63) is 10.8 Å². The number of nitrogens with two attached hydrogens (primary N) is 1.